The van der Waals surface area contributed by atoms with Crippen molar-refractivity contribution in [3.63, 3.8) is 0 Å². The molecule has 0 saturated carbocycles. The summed E-state index contributed by atoms with van der Waals surface area (Å²) in [6, 6.07) is 5.71. The first kappa shape index (κ1) is 17.7. The van der Waals surface area contributed by atoms with Gasteiger partial charge in [0.15, 0.2) is 0 Å². The Morgan fingerprint density at radius 3 is 2.57 bits per heavy atom. The minimum Gasteiger partial charge on any atom is -0.465 e. The maximum Gasteiger partial charge on any atom is 0.320 e. The molecule has 6 heteroatoms. The third-order valence-electron chi connectivity index (χ3n) is 2.87. The zero-order valence-electron chi connectivity index (χ0n) is 12.6. The van der Waals surface area contributed by atoms with E-state index in [2.05, 4.69) is 21.2 Å². The Hall–Kier alpha value is -1.40. The molecule has 1 amide bonds. The second-order valence-corrected chi connectivity index (χ2v) is 5.49. The summed E-state index contributed by atoms with van der Waals surface area (Å²) in [5, 5.41) is 2.83. The molecule has 0 aromatic heterocycles. The molecule has 0 unspecified atom stereocenters. The second kappa shape index (κ2) is 8.79. The van der Waals surface area contributed by atoms with Gasteiger partial charge in [-0.1, -0.05) is 13.0 Å². The van der Waals surface area contributed by atoms with Crippen molar-refractivity contribution in [3.05, 3.63) is 28.2 Å². The standard InChI is InChI=1S/C15H21BrN2O3/c1-4-18(10-15(20)21-5-2)9-14(19)17-13-7-6-11(3)8-12(13)16/h6-8H,4-5,9-10H2,1-3H3,(H,17,19). The topological polar surface area (TPSA) is 58.6 Å². The number of halogens is 1. The number of rotatable bonds is 7. The van der Waals surface area contributed by atoms with Gasteiger partial charge in [0.2, 0.25) is 5.91 Å². The third-order valence-corrected chi connectivity index (χ3v) is 3.53. The van der Waals surface area contributed by atoms with E-state index in [1.165, 1.54) is 0 Å². The highest BCUT2D eigenvalue weighted by Gasteiger charge is 2.14. The lowest BCUT2D eigenvalue weighted by atomic mass is 10.2. The van der Waals surface area contributed by atoms with Crippen molar-refractivity contribution >= 4 is 33.5 Å². The van der Waals surface area contributed by atoms with Crippen LogP contribution in [0.15, 0.2) is 22.7 Å². The van der Waals surface area contributed by atoms with Crippen molar-refractivity contribution < 1.29 is 14.3 Å². The molecule has 0 fully saturated rings. The van der Waals surface area contributed by atoms with Crippen molar-refractivity contribution in [1.82, 2.24) is 4.90 Å². The van der Waals surface area contributed by atoms with E-state index >= 15 is 0 Å². The molecule has 0 aliphatic carbocycles. The second-order valence-electron chi connectivity index (χ2n) is 4.64. The van der Waals surface area contributed by atoms with Gasteiger partial charge in [-0.2, -0.15) is 0 Å². The Labute approximate surface area is 133 Å². The number of amides is 1. The van der Waals surface area contributed by atoms with Gasteiger partial charge in [-0.3, -0.25) is 14.5 Å². The molecule has 0 aliphatic heterocycles. The monoisotopic (exact) mass is 356 g/mol. The maximum absolute atomic E-state index is 12.0. The minimum atomic E-state index is -0.316. The van der Waals surface area contributed by atoms with Gasteiger partial charge in [0.05, 0.1) is 25.4 Å². The van der Waals surface area contributed by atoms with Gasteiger partial charge in [-0.25, -0.2) is 0 Å². The first-order valence-corrected chi connectivity index (χ1v) is 7.69. The fraction of sp³-hybridized carbons (Fsp3) is 0.467. The van der Waals surface area contributed by atoms with Crippen LogP contribution in [0.3, 0.4) is 0 Å². The first-order valence-electron chi connectivity index (χ1n) is 6.90. The van der Waals surface area contributed by atoms with Crippen LogP contribution in [0, 0.1) is 6.92 Å². The number of ether oxygens (including phenoxy) is 1. The Morgan fingerprint density at radius 1 is 1.29 bits per heavy atom. The highest BCUT2D eigenvalue weighted by atomic mass is 79.9. The third kappa shape index (κ3) is 6.27. The predicted molar refractivity (Wildman–Crippen MR) is 86.3 cm³/mol. The molecule has 5 nitrogen and oxygen atoms in total. The quantitative estimate of drug-likeness (QED) is 0.762. The van der Waals surface area contributed by atoms with Crippen molar-refractivity contribution in [1.29, 1.82) is 0 Å². The minimum absolute atomic E-state index is 0.118. The Bertz CT molecular complexity index is 506. The summed E-state index contributed by atoms with van der Waals surface area (Å²) in [4.78, 5) is 25.2. The van der Waals surface area contributed by atoms with E-state index in [1.54, 1.807) is 11.8 Å². The van der Waals surface area contributed by atoms with Crippen LogP contribution in [0.25, 0.3) is 0 Å². The van der Waals surface area contributed by atoms with Gasteiger partial charge in [0.1, 0.15) is 0 Å². The van der Waals surface area contributed by atoms with Crippen LogP contribution >= 0.6 is 15.9 Å². The highest BCUT2D eigenvalue weighted by Crippen LogP contribution is 2.23. The average Bonchev–Trinajstić information content (AvgIpc) is 2.41. The lowest BCUT2D eigenvalue weighted by Crippen LogP contribution is -2.37. The molecular weight excluding hydrogens is 336 g/mol. The van der Waals surface area contributed by atoms with Gasteiger partial charge in [-0.15, -0.1) is 0 Å². The molecule has 116 valence electrons. The zero-order valence-corrected chi connectivity index (χ0v) is 14.2. The number of benzene rings is 1. The molecule has 1 rings (SSSR count). The van der Waals surface area contributed by atoms with E-state index in [1.807, 2.05) is 32.0 Å². The lowest BCUT2D eigenvalue weighted by molar-refractivity contribution is -0.144. The van der Waals surface area contributed by atoms with Crippen LogP contribution in [-0.2, 0) is 14.3 Å². The zero-order chi connectivity index (χ0) is 15.8. The van der Waals surface area contributed by atoms with Gasteiger partial charge in [0, 0.05) is 4.47 Å². The Balaban J connectivity index is 2.56. The van der Waals surface area contributed by atoms with Crippen LogP contribution in [-0.4, -0.2) is 43.0 Å². The number of hydrogen-bond donors (Lipinski definition) is 1. The average molecular weight is 357 g/mol. The summed E-state index contributed by atoms with van der Waals surface area (Å²) in [5.41, 5.74) is 1.83. The van der Waals surface area contributed by atoms with E-state index < -0.39 is 0 Å². The van der Waals surface area contributed by atoms with E-state index in [0.717, 1.165) is 15.7 Å². The number of nitrogens with zero attached hydrogens (tertiary/aromatic N) is 1. The molecule has 1 aromatic carbocycles. The number of carbonyl (C=O) groups is 2. The van der Waals surface area contributed by atoms with E-state index in [9.17, 15) is 9.59 Å². The molecule has 0 spiro atoms. The number of likely N-dealkylation sites (N-methyl/N-ethyl adjacent to an activating group) is 1. The van der Waals surface area contributed by atoms with Crippen molar-refractivity contribution in [2.24, 2.45) is 0 Å². The summed E-state index contributed by atoms with van der Waals surface area (Å²) in [7, 11) is 0. The van der Waals surface area contributed by atoms with Gasteiger partial charge >= 0.3 is 5.97 Å². The summed E-state index contributed by atoms with van der Waals surface area (Å²) in [6.07, 6.45) is 0. The van der Waals surface area contributed by atoms with E-state index in [0.29, 0.717) is 13.2 Å². The van der Waals surface area contributed by atoms with Crippen molar-refractivity contribution in [2.45, 2.75) is 20.8 Å². The SMILES string of the molecule is CCOC(=O)CN(CC)CC(=O)Nc1ccc(C)cc1Br. The molecule has 0 heterocycles. The number of hydrogen-bond acceptors (Lipinski definition) is 4. The van der Waals surface area contributed by atoms with E-state index in [-0.39, 0.29) is 25.0 Å². The van der Waals surface area contributed by atoms with Crippen LogP contribution in [0.5, 0.6) is 0 Å². The molecule has 21 heavy (non-hydrogen) atoms. The number of anilines is 1. The number of carbonyl (C=O) groups excluding carboxylic acids is 2. The van der Waals surface area contributed by atoms with Crippen LogP contribution in [0.4, 0.5) is 5.69 Å². The molecule has 1 N–H and O–H groups in total. The predicted octanol–water partition coefficient (Wildman–Crippen LogP) is 2.58. The summed E-state index contributed by atoms with van der Waals surface area (Å²) in [5.74, 6) is -0.477. The van der Waals surface area contributed by atoms with Gasteiger partial charge in [-0.05, 0) is 54.0 Å². The largest absolute Gasteiger partial charge is 0.465 e. The summed E-state index contributed by atoms with van der Waals surface area (Å²) in [6.45, 7) is 6.85. The fourth-order valence-electron chi connectivity index (χ4n) is 1.78. The maximum atomic E-state index is 12.0. The molecule has 0 atom stereocenters. The highest BCUT2D eigenvalue weighted by molar-refractivity contribution is 9.10. The van der Waals surface area contributed by atoms with Crippen molar-refractivity contribution in [2.75, 3.05) is 31.6 Å². The number of esters is 1. The Kier molecular flexibility index (Phi) is 7.39. The smallest absolute Gasteiger partial charge is 0.320 e. The van der Waals surface area contributed by atoms with Gasteiger partial charge < -0.3 is 10.1 Å². The molecule has 0 aliphatic rings. The number of nitrogens with one attached hydrogen (secondary N) is 1. The molecule has 0 bridgehead atoms. The van der Waals surface area contributed by atoms with E-state index in [4.69, 9.17) is 4.74 Å². The lowest BCUT2D eigenvalue weighted by Gasteiger charge is -2.19. The molecule has 0 radical (unpaired) electrons. The summed E-state index contributed by atoms with van der Waals surface area (Å²) >= 11 is 3.42. The van der Waals surface area contributed by atoms with Crippen LogP contribution in [0.1, 0.15) is 19.4 Å². The Morgan fingerprint density at radius 2 is 2.00 bits per heavy atom. The first-order chi connectivity index (χ1) is 9.96. The number of aryl methyl sites for hydroxylation is 1. The van der Waals surface area contributed by atoms with Gasteiger partial charge in [0.25, 0.3) is 0 Å². The molecule has 1 aromatic rings. The van der Waals surface area contributed by atoms with Crippen molar-refractivity contribution in [3.8, 4) is 0 Å². The van der Waals surface area contributed by atoms with Crippen LogP contribution < -0.4 is 5.32 Å². The summed E-state index contributed by atoms with van der Waals surface area (Å²) < 4.78 is 5.72. The normalized spacial score (nSPS) is 10.5. The molecule has 0 saturated heterocycles. The molecular formula is C15H21BrN2O3. The van der Waals surface area contributed by atoms with Crippen LogP contribution in [0.2, 0.25) is 0 Å². The fourth-order valence-corrected chi connectivity index (χ4v) is 2.38.